The quantitative estimate of drug-likeness (QED) is 0.228. The minimum Gasteiger partial charge on any atom is -0.493 e. The molecule has 0 aliphatic carbocycles. The van der Waals surface area contributed by atoms with Crippen LogP contribution in [0.1, 0.15) is 24.8 Å². The molecule has 0 saturated carbocycles. The zero-order chi connectivity index (χ0) is 17.6. The van der Waals surface area contributed by atoms with E-state index >= 15 is 0 Å². The van der Waals surface area contributed by atoms with Crippen LogP contribution in [-0.4, -0.2) is 54.0 Å². The summed E-state index contributed by atoms with van der Waals surface area (Å²) in [5.74, 6) is 2.34. The number of guanidine groups is 1. The highest BCUT2D eigenvalue weighted by atomic mass is 127. The van der Waals surface area contributed by atoms with Crippen molar-refractivity contribution in [2.75, 3.05) is 48.1 Å². The molecule has 1 rings (SSSR count). The van der Waals surface area contributed by atoms with Crippen LogP contribution in [0.15, 0.2) is 23.2 Å². The molecule has 25 heavy (non-hydrogen) atoms. The van der Waals surface area contributed by atoms with Crippen LogP contribution in [0.4, 0.5) is 0 Å². The second kappa shape index (κ2) is 15.1. The van der Waals surface area contributed by atoms with Gasteiger partial charge in [-0.1, -0.05) is 6.07 Å². The second-order valence-electron chi connectivity index (χ2n) is 5.42. The van der Waals surface area contributed by atoms with E-state index in [1.807, 2.05) is 12.1 Å². The molecule has 144 valence electrons. The van der Waals surface area contributed by atoms with Crippen molar-refractivity contribution >= 4 is 29.9 Å². The van der Waals surface area contributed by atoms with Gasteiger partial charge < -0.3 is 24.8 Å². The van der Waals surface area contributed by atoms with Crippen molar-refractivity contribution in [1.29, 1.82) is 0 Å². The predicted molar refractivity (Wildman–Crippen MR) is 114 cm³/mol. The van der Waals surface area contributed by atoms with Crippen molar-refractivity contribution in [1.82, 2.24) is 10.6 Å². The zero-order valence-corrected chi connectivity index (χ0v) is 18.1. The number of benzene rings is 1. The fraction of sp³-hybridized carbons (Fsp3) is 0.611. The lowest BCUT2D eigenvalue weighted by molar-refractivity contribution is 0.192. The summed E-state index contributed by atoms with van der Waals surface area (Å²) in [6.07, 6.45) is 4.25. The summed E-state index contributed by atoms with van der Waals surface area (Å²) in [5, 5.41) is 6.65. The fourth-order valence-corrected chi connectivity index (χ4v) is 2.34. The SMILES string of the molecule is CN=C(NCCCCCOC)NCCc1ccc(OC)c(OC)c1.I. The van der Waals surface area contributed by atoms with E-state index in [1.165, 1.54) is 5.56 Å². The molecule has 0 saturated heterocycles. The van der Waals surface area contributed by atoms with Gasteiger partial charge in [-0.3, -0.25) is 4.99 Å². The Labute approximate surface area is 168 Å². The van der Waals surface area contributed by atoms with Gasteiger partial charge in [-0.05, 0) is 43.4 Å². The molecule has 0 radical (unpaired) electrons. The smallest absolute Gasteiger partial charge is 0.190 e. The van der Waals surface area contributed by atoms with Crippen LogP contribution >= 0.6 is 24.0 Å². The number of rotatable bonds is 11. The van der Waals surface area contributed by atoms with Crippen LogP contribution < -0.4 is 20.1 Å². The van der Waals surface area contributed by atoms with Gasteiger partial charge in [0.1, 0.15) is 0 Å². The third-order valence-electron chi connectivity index (χ3n) is 3.70. The maximum atomic E-state index is 5.33. The summed E-state index contributed by atoms with van der Waals surface area (Å²) in [5.41, 5.74) is 1.19. The highest BCUT2D eigenvalue weighted by Gasteiger charge is 2.04. The molecule has 0 heterocycles. The molecule has 0 aromatic heterocycles. The highest BCUT2D eigenvalue weighted by Crippen LogP contribution is 2.27. The lowest BCUT2D eigenvalue weighted by Crippen LogP contribution is -2.38. The predicted octanol–water partition coefficient (Wildman–Crippen LogP) is 2.85. The van der Waals surface area contributed by atoms with E-state index in [0.29, 0.717) is 0 Å². The summed E-state index contributed by atoms with van der Waals surface area (Å²) < 4.78 is 15.6. The molecule has 7 heteroatoms. The van der Waals surface area contributed by atoms with Gasteiger partial charge in [-0.2, -0.15) is 0 Å². The molecule has 1 aromatic carbocycles. The van der Waals surface area contributed by atoms with E-state index in [1.54, 1.807) is 28.4 Å². The Morgan fingerprint density at radius 1 is 0.960 bits per heavy atom. The molecule has 0 fully saturated rings. The Kier molecular flexibility index (Phi) is 14.3. The van der Waals surface area contributed by atoms with Crippen molar-refractivity contribution < 1.29 is 14.2 Å². The van der Waals surface area contributed by atoms with E-state index in [9.17, 15) is 0 Å². The van der Waals surface area contributed by atoms with Crippen LogP contribution in [0.2, 0.25) is 0 Å². The van der Waals surface area contributed by atoms with Gasteiger partial charge in [-0.15, -0.1) is 24.0 Å². The Hall–Kier alpha value is -1.22. The van der Waals surface area contributed by atoms with Crippen LogP contribution in [-0.2, 0) is 11.2 Å². The first-order chi connectivity index (χ1) is 11.7. The molecule has 2 N–H and O–H groups in total. The van der Waals surface area contributed by atoms with E-state index in [0.717, 1.165) is 62.8 Å². The van der Waals surface area contributed by atoms with Crippen LogP contribution in [0.5, 0.6) is 11.5 Å². The standard InChI is InChI=1S/C18H31N3O3.HI/c1-19-18(20-11-6-5-7-13-22-2)21-12-10-15-8-9-16(23-3)17(14-15)24-4;/h8-9,14H,5-7,10-13H2,1-4H3,(H2,19,20,21);1H. The van der Waals surface area contributed by atoms with Crippen molar-refractivity contribution in [2.45, 2.75) is 25.7 Å². The van der Waals surface area contributed by atoms with E-state index in [2.05, 4.69) is 21.7 Å². The molecule has 0 unspecified atom stereocenters. The molecule has 1 aromatic rings. The average molecular weight is 465 g/mol. The summed E-state index contributed by atoms with van der Waals surface area (Å²) in [6.45, 7) is 2.55. The molecule has 0 amide bonds. The summed E-state index contributed by atoms with van der Waals surface area (Å²) in [7, 11) is 6.82. The maximum absolute atomic E-state index is 5.33. The molecule has 6 nitrogen and oxygen atoms in total. The van der Waals surface area contributed by atoms with E-state index in [4.69, 9.17) is 14.2 Å². The molecular formula is C18H32IN3O3. The number of nitrogens with zero attached hydrogens (tertiary/aromatic N) is 1. The average Bonchev–Trinajstić information content (AvgIpc) is 2.62. The Morgan fingerprint density at radius 2 is 1.68 bits per heavy atom. The Bertz CT molecular complexity index is 498. The van der Waals surface area contributed by atoms with Gasteiger partial charge in [0.2, 0.25) is 0 Å². The fourth-order valence-electron chi connectivity index (χ4n) is 2.34. The van der Waals surface area contributed by atoms with Crippen LogP contribution in [0.25, 0.3) is 0 Å². The van der Waals surface area contributed by atoms with E-state index < -0.39 is 0 Å². The van der Waals surface area contributed by atoms with Crippen LogP contribution in [0, 0.1) is 0 Å². The minimum atomic E-state index is 0. The van der Waals surface area contributed by atoms with Crippen LogP contribution in [0.3, 0.4) is 0 Å². The zero-order valence-electron chi connectivity index (χ0n) is 15.8. The molecule has 0 aliphatic heterocycles. The van der Waals surface area contributed by atoms with Crippen molar-refractivity contribution in [3.05, 3.63) is 23.8 Å². The number of hydrogen-bond acceptors (Lipinski definition) is 4. The van der Waals surface area contributed by atoms with Gasteiger partial charge in [0.25, 0.3) is 0 Å². The third-order valence-corrected chi connectivity index (χ3v) is 3.70. The van der Waals surface area contributed by atoms with Crippen molar-refractivity contribution in [3.8, 4) is 11.5 Å². The largest absolute Gasteiger partial charge is 0.493 e. The Balaban J connectivity index is 0.00000576. The lowest BCUT2D eigenvalue weighted by Gasteiger charge is -2.13. The summed E-state index contributed by atoms with van der Waals surface area (Å²) in [4.78, 5) is 4.24. The maximum Gasteiger partial charge on any atom is 0.190 e. The van der Waals surface area contributed by atoms with Crippen molar-refractivity contribution in [2.24, 2.45) is 4.99 Å². The summed E-state index contributed by atoms with van der Waals surface area (Å²) in [6, 6.07) is 5.99. The monoisotopic (exact) mass is 465 g/mol. The molecular weight excluding hydrogens is 433 g/mol. The van der Waals surface area contributed by atoms with Gasteiger partial charge >= 0.3 is 0 Å². The molecule has 0 spiro atoms. The number of halogens is 1. The van der Waals surface area contributed by atoms with Gasteiger partial charge in [0, 0.05) is 33.9 Å². The van der Waals surface area contributed by atoms with E-state index in [-0.39, 0.29) is 24.0 Å². The van der Waals surface area contributed by atoms with Gasteiger partial charge in [0.05, 0.1) is 14.2 Å². The number of unbranched alkanes of at least 4 members (excludes halogenated alkanes) is 2. The number of nitrogens with one attached hydrogen (secondary N) is 2. The Morgan fingerprint density at radius 3 is 2.32 bits per heavy atom. The molecule has 0 bridgehead atoms. The number of methoxy groups -OCH3 is 3. The lowest BCUT2D eigenvalue weighted by atomic mass is 10.1. The first-order valence-electron chi connectivity index (χ1n) is 8.39. The first-order valence-corrected chi connectivity index (χ1v) is 8.39. The normalized spacial score (nSPS) is 10.8. The first kappa shape index (κ1) is 23.8. The number of ether oxygens (including phenoxy) is 3. The van der Waals surface area contributed by atoms with Gasteiger partial charge in [0.15, 0.2) is 17.5 Å². The highest BCUT2D eigenvalue weighted by molar-refractivity contribution is 14.0. The number of aliphatic imine (C=N–C) groups is 1. The summed E-state index contributed by atoms with van der Waals surface area (Å²) >= 11 is 0. The minimum absolute atomic E-state index is 0. The molecule has 0 aliphatic rings. The third kappa shape index (κ3) is 9.74. The van der Waals surface area contributed by atoms with Gasteiger partial charge in [-0.25, -0.2) is 0 Å². The topological polar surface area (TPSA) is 64.1 Å². The number of hydrogen-bond donors (Lipinski definition) is 2. The molecule has 0 atom stereocenters. The second-order valence-corrected chi connectivity index (χ2v) is 5.42. The van der Waals surface area contributed by atoms with Crippen molar-refractivity contribution in [3.63, 3.8) is 0 Å².